The lowest BCUT2D eigenvalue weighted by Gasteiger charge is -2.20. The largest absolute Gasteiger partial charge is 0.380 e. The molecule has 0 radical (unpaired) electrons. The first-order valence-electron chi connectivity index (χ1n) is 13.4. The second-order valence-electron chi connectivity index (χ2n) is 9.48. The first-order valence-corrected chi connectivity index (χ1v) is 13.4. The van der Waals surface area contributed by atoms with Gasteiger partial charge in [-0.15, -0.1) is 0 Å². The summed E-state index contributed by atoms with van der Waals surface area (Å²) in [5.74, 6) is 0. The number of hydrogen-bond acceptors (Lipinski definition) is 2. The van der Waals surface area contributed by atoms with Crippen LogP contribution in [0.2, 0.25) is 0 Å². The summed E-state index contributed by atoms with van der Waals surface area (Å²) in [6.07, 6.45) is 26.6. The zero-order valence-electron chi connectivity index (χ0n) is 22.0. The smallest absolute Gasteiger partial charge is 0.0450 e. The van der Waals surface area contributed by atoms with Crippen molar-refractivity contribution in [2.75, 3.05) is 11.9 Å². The maximum Gasteiger partial charge on any atom is 0.0450 e. The number of allylic oxidation sites excluding steroid dienone is 13. The molecule has 0 saturated carbocycles. The molecule has 0 amide bonds. The van der Waals surface area contributed by atoms with Gasteiger partial charge in [-0.1, -0.05) is 115 Å². The van der Waals surface area contributed by atoms with E-state index in [2.05, 4.69) is 133 Å². The summed E-state index contributed by atoms with van der Waals surface area (Å²) in [6.45, 7) is 3.02. The van der Waals surface area contributed by atoms with Crippen LogP contribution in [-0.4, -0.2) is 11.5 Å². The van der Waals surface area contributed by atoms with Gasteiger partial charge in [0.25, 0.3) is 0 Å². The average Bonchev–Trinajstić information content (AvgIpc) is 3.39. The maximum atomic E-state index is 4.29. The second kappa shape index (κ2) is 12.7. The molecule has 3 aromatic rings. The average molecular weight is 495 g/mol. The van der Waals surface area contributed by atoms with E-state index in [-0.39, 0.29) is 0 Å². The highest BCUT2D eigenvalue weighted by molar-refractivity contribution is 5.87. The molecule has 1 aliphatic carbocycles. The van der Waals surface area contributed by atoms with E-state index in [0.29, 0.717) is 0 Å². The van der Waals surface area contributed by atoms with Gasteiger partial charge >= 0.3 is 0 Å². The number of fused-ring (bicyclic) bond motifs is 1. The van der Waals surface area contributed by atoms with E-state index >= 15 is 0 Å². The van der Waals surface area contributed by atoms with Gasteiger partial charge in [0.1, 0.15) is 0 Å². The molecular formula is C36H34N2. The van der Waals surface area contributed by atoms with E-state index in [4.69, 9.17) is 0 Å². The molecule has 2 aliphatic rings. The topological polar surface area (TPSA) is 24.9 Å². The van der Waals surface area contributed by atoms with Gasteiger partial charge < -0.3 is 5.32 Å². The summed E-state index contributed by atoms with van der Waals surface area (Å²) in [5.41, 5.74) is 11.5. The Kier molecular flexibility index (Phi) is 8.43. The van der Waals surface area contributed by atoms with Crippen LogP contribution >= 0.6 is 0 Å². The third kappa shape index (κ3) is 6.10. The number of hydrogen-bond donors (Lipinski definition) is 1. The molecule has 1 N–H and O–H groups in total. The summed E-state index contributed by atoms with van der Waals surface area (Å²) in [7, 11) is 0. The van der Waals surface area contributed by atoms with Crippen molar-refractivity contribution in [2.24, 2.45) is 0 Å². The predicted molar refractivity (Wildman–Crippen MR) is 163 cm³/mol. The van der Waals surface area contributed by atoms with Crippen molar-refractivity contribution < 1.29 is 0 Å². The number of nitrogens with zero attached hydrogens (tertiary/aromatic N) is 1. The highest BCUT2D eigenvalue weighted by Gasteiger charge is 2.17. The molecule has 1 aromatic heterocycles. The Labute approximate surface area is 226 Å². The van der Waals surface area contributed by atoms with E-state index in [1.807, 2.05) is 18.5 Å². The monoisotopic (exact) mass is 494 g/mol. The van der Waals surface area contributed by atoms with Crippen molar-refractivity contribution in [3.8, 4) is 0 Å². The van der Waals surface area contributed by atoms with Crippen LogP contribution in [0.3, 0.4) is 0 Å². The van der Waals surface area contributed by atoms with Crippen LogP contribution in [-0.2, 0) is 6.42 Å². The van der Waals surface area contributed by atoms with Crippen molar-refractivity contribution in [2.45, 2.75) is 26.2 Å². The molecule has 2 heteroatoms. The number of anilines is 1. The maximum absolute atomic E-state index is 4.29. The molecule has 0 spiro atoms. The van der Waals surface area contributed by atoms with E-state index in [1.165, 1.54) is 50.2 Å². The van der Waals surface area contributed by atoms with Gasteiger partial charge in [0.2, 0.25) is 0 Å². The zero-order valence-corrected chi connectivity index (χ0v) is 22.0. The lowest BCUT2D eigenvalue weighted by atomic mass is 9.84. The summed E-state index contributed by atoms with van der Waals surface area (Å²) < 4.78 is 0. The Bertz CT molecular complexity index is 1460. The van der Waals surface area contributed by atoms with Crippen LogP contribution in [0, 0.1) is 0 Å². The van der Waals surface area contributed by atoms with Crippen LogP contribution in [0.4, 0.5) is 5.69 Å². The van der Waals surface area contributed by atoms with Gasteiger partial charge in [-0.05, 0) is 71.2 Å². The Hall–Kier alpha value is -4.43. The molecule has 2 heterocycles. The Morgan fingerprint density at radius 2 is 1.79 bits per heavy atom. The van der Waals surface area contributed by atoms with Crippen LogP contribution in [0.25, 0.3) is 11.1 Å². The summed E-state index contributed by atoms with van der Waals surface area (Å²) in [6, 6.07) is 23.6. The van der Waals surface area contributed by atoms with E-state index in [9.17, 15) is 0 Å². The first kappa shape index (κ1) is 25.2. The van der Waals surface area contributed by atoms with E-state index < -0.39 is 0 Å². The van der Waals surface area contributed by atoms with Crippen molar-refractivity contribution >= 4 is 16.8 Å². The summed E-state index contributed by atoms with van der Waals surface area (Å²) in [5, 5.41) is 3.45. The van der Waals surface area contributed by atoms with Crippen LogP contribution in [0.15, 0.2) is 151 Å². The summed E-state index contributed by atoms with van der Waals surface area (Å²) in [4.78, 5) is 4.29. The SMILES string of the molecule is C/C=C(C(=C/C=C/C/C=C1\CNc2ccncc21)\Cc1ccccc1)/C(=C1/C=CC=CC1)c1ccccc1. The molecular weight excluding hydrogens is 460 g/mol. The molecule has 188 valence electrons. The quantitative estimate of drug-likeness (QED) is 0.316. The Morgan fingerprint density at radius 3 is 2.55 bits per heavy atom. The molecule has 38 heavy (non-hydrogen) atoms. The lowest BCUT2D eigenvalue weighted by molar-refractivity contribution is 1.16. The fraction of sp³-hybridized carbons (Fsp3) is 0.139. The molecule has 2 aromatic carbocycles. The number of rotatable bonds is 8. The van der Waals surface area contributed by atoms with E-state index in [0.717, 1.165) is 25.8 Å². The van der Waals surface area contributed by atoms with Gasteiger partial charge in [0.05, 0.1) is 0 Å². The molecule has 0 saturated heterocycles. The van der Waals surface area contributed by atoms with Gasteiger partial charge in [-0.25, -0.2) is 0 Å². The molecule has 0 bridgehead atoms. The van der Waals surface area contributed by atoms with Gasteiger partial charge in [-0.2, -0.15) is 0 Å². The number of nitrogens with one attached hydrogen (secondary N) is 1. The fourth-order valence-electron chi connectivity index (χ4n) is 5.11. The normalized spacial score (nSPS) is 17.7. The van der Waals surface area contributed by atoms with Crippen molar-refractivity contribution in [1.29, 1.82) is 0 Å². The fourth-order valence-corrected chi connectivity index (χ4v) is 5.11. The minimum atomic E-state index is 0.864. The standard InChI is InChI=1S/C36H34N2/c1-2-33(36(29-17-9-4-10-18-29)30-19-11-5-12-20-30)31(25-28-15-7-3-8-16-28)21-13-6-14-22-32-26-38-35-23-24-37-27-34(32)35/h2-13,15-19,21-24,27,38H,14,20,25-26H2,1H3/b13-6+,31-21-,32-22+,33-2+,36-30-. The molecule has 0 unspecified atom stereocenters. The minimum Gasteiger partial charge on any atom is -0.380 e. The van der Waals surface area contributed by atoms with Crippen LogP contribution in [0.1, 0.15) is 36.5 Å². The van der Waals surface area contributed by atoms with Gasteiger partial charge in [-0.3, -0.25) is 4.98 Å². The molecule has 2 nitrogen and oxygen atoms in total. The first-order chi connectivity index (χ1) is 18.8. The number of benzene rings is 2. The van der Waals surface area contributed by atoms with Crippen LogP contribution in [0.5, 0.6) is 0 Å². The number of aromatic nitrogens is 1. The molecule has 0 fully saturated rings. The third-order valence-corrected chi connectivity index (χ3v) is 6.98. The second-order valence-corrected chi connectivity index (χ2v) is 9.48. The lowest BCUT2D eigenvalue weighted by Crippen LogP contribution is -2.02. The van der Waals surface area contributed by atoms with Gasteiger partial charge in [0.15, 0.2) is 0 Å². The minimum absolute atomic E-state index is 0.864. The van der Waals surface area contributed by atoms with Crippen molar-refractivity contribution in [3.63, 3.8) is 0 Å². The third-order valence-electron chi connectivity index (χ3n) is 6.98. The van der Waals surface area contributed by atoms with Crippen LogP contribution < -0.4 is 5.32 Å². The molecule has 1 aliphatic heterocycles. The Morgan fingerprint density at radius 1 is 0.974 bits per heavy atom. The van der Waals surface area contributed by atoms with Gasteiger partial charge in [0, 0.05) is 30.2 Å². The predicted octanol–water partition coefficient (Wildman–Crippen LogP) is 8.92. The van der Waals surface area contributed by atoms with E-state index in [1.54, 1.807) is 0 Å². The van der Waals surface area contributed by atoms with Crippen molar-refractivity contribution in [1.82, 2.24) is 4.98 Å². The number of pyridine rings is 1. The van der Waals surface area contributed by atoms with Crippen molar-refractivity contribution in [3.05, 3.63) is 167 Å². The molecule has 5 rings (SSSR count). The highest BCUT2D eigenvalue weighted by atomic mass is 14.9. The zero-order chi connectivity index (χ0) is 26.0. The molecule has 0 atom stereocenters. The Balaban J connectivity index is 1.47. The highest BCUT2D eigenvalue weighted by Crippen LogP contribution is 2.36. The summed E-state index contributed by atoms with van der Waals surface area (Å²) >= 11 is 0.